The van der Waals surface area contributed by atoms with Gasteiger partial charge in [-0.2, -0.15) is 5.10 Å². The van der Waals surface area contributed by atoms with Crippen molar-refractivity contribution in [1.29, 1.82) is 0 Å². The fourth-order valence-corrected chi connectivity index (χ4v) is 2.46. The molecule has 1 atom stereocenters. The molecule has 2 rings (SSSR count). The molecule has 0 radical (unpaired) electrons. The van der Waals surface area contributed by atoms with Crippen LogP contribution in [-0.2, 0) is 11.3 Å². The number of furan rings is 1. The largest absolute Gasteiger partial charge is 0.467 e. The minimum absolute atomic E-state index is 0.109. The molecule has 0 saturated carbocycles. The Labute approximate surface area is 123 Å². The summed E-state index contributed by atoms with van der Waals surface area (Å²) in [5, 5.41) is 8.35. The molecule has 0 saturated heterocycles. The third kappa shape index (κ3) is 3.06. The van der Waals surface area contributed by atoms with E-state index in [1.54, 1.807) is 19.6 Å². The first-order valence-corrected chi connectivity index (χ1v) is 7.04. The summed E-state index contributed by atoms with van der Waals surface area (Å²) in [6, 6.07) is 1.84. The monoisotopic (exact) mass is 297 g/mol. The van der Waals surface area contributed by atoms with Crippen LogP contribution in [0.4, 0.5) is 0 Å². The number of rotatable bonds is 7. The summed E-state index contributed by atoms with van der Waals surface area (Å²) in [7, 11) is 1.67. The van der Waals surface area contributed by atoms with Crippen LogP contribution in [-0.4, -0.2) is 30.0 Å². The lowest BCUT2D eigenvalue weighted by molar-refractivity contribution is 0.181. The van der Waals surface area contributed by atoms with Gasteiger partial charge in [0, 0.05) is 7.11 Å². The summed E-state index contributed by atoms with van der Waals surface area (Å²) in [6.07, 6.45) is 3.36. The Hall–Kier alpha value is -1.30. The van der Waals surface area contributed by atoms with Crippen LogP contribution in [0.5, 0.6) is 0 Å². The maximum atomic E-state index is 6.32. The van der Waals surface area contributed by atoms with Crippen LogP contribution in [0.25, 0.3) is 0 Å². The molecular weight excluding hydrogens is 278 g/mol. The maximum Gasteiger partial charge on any atom is 0.129 e. The van der Waals surface area contributed by atoms with E-state index in [0.717, 1.165) is 23.6 Å². The number of nitrogens with one attached hydrogen (secondary N) is 1. The van der Waals surface area contributed by atoms with E-state index in [9.17, 15) is 0 Å². The molecule has 0 spiro atoms. The Bertz CT molecular complexity index is 550. The van der Waals surface area contributed by atoms with Crippen LogP contribution in [0, 0.1) is 6.92 Å². The molecule has 0 aromatic carbocycles. The van der Waals surface area contributed by atoms with Gasteiger partial charge in [0.25, 0.3) is 0 Å². The molecule has 1 N–H and O–H groups in total. The lowest BCUT2D eigenvalue weighted by atomic mass is 10.1. The van der Waals surface area contributed by atoms with Gasteiger partial charge >= 0.3 is 0 Å². The summed E-state index contributed by atoms with van der Waals surface area (Å²) in [4.78, 5) is 0. The normalized spacial score (nSPS) is 12.8. The van der Waals surface area contributed by atoms with E-state index in [4.69, 9.17) is 20.8 Å². The van der Waals surface area contributed by atoms with Crippen LogP contribution < -0.4 is 5.32 Å². The van der Waals surface area contributed by atoms with Gasteiger partial charge in [0.2, 0.25) is 0 Å². The first kappa shape index (κ1) is 15.1. The highest BCUT2D eigenvalue weighted by Crippen LogP contribution is 2.30. The Balaban J connectivity index is 2.39. The van der Waals surface area contributed by atoms with Crippen molar-refractivity contribution in [3.05, 3.63) is 40.6 Å². The molecule has 0 aliphatic heterocycles. The fraction of sp³-hybridized carbons (Fsp3) is 0.500. The molecule has 0 fully saturated rings. The molecule has 0 bridgehead atoms. The smallest absolute Gasteiger partial charge is 0.129 e. The van der Waals surface area contributed by atoms with E-state index < -0.39 is 0 Å². The van der Waals surface area contributed by atoms with E-state index in [2.05, 4.69) is 17.3 Å². The standard InChI is InChI=1S/C14H20ClN3O2/c1-4-16-12(14-10(2)5-7-20-14)13-11(15)9-17-18(13)6-8-19-3/h5,7,9,12,16H,4,6,8H2,1-3H3. The third-order valence-electron chi connectivity index (χ3n) is 3.19. The van der Waals surface area contributed by atoms with Gasteiger partial charge in [-0.1, -0.05) is 18.5 Å². The minimum Gasteiger partial charge on any atom is -0.467 e. The summed E-state index contributed by atoms with van der Waals surface area (Å²) in [5.74, 6) is 0.868. The molecule has 0 amide bonds. The molecule has 2 aromatic rings. The molecule has 1 unspecified atom stereocenters. The van der Waals surface area contributed by atoms with Crippen molar-refractivity contribution in [3.8, 4) is 0 Å². The molecule has 110 valence electrons. The van der Waals surface area contributed by atoms with Crippen LogP contribution in [0.15, 0.2) is 22.9 Å². The number of nitrogens with zero attached hydrogens (tertiary/aromatic N) is 2. The predicted octanol–water partition coefficient (Wildman–Crippen LogP) is 2.78. The highest BCUT2D eigenvalue weighted by Gasteiger charge is 2.25. The van der Waals surface area contributed by atoms with Crippen molar-refractivity contribution in [3.63, 3.8) is 0 Å². The highest BCUT2D eigenvalue weighted by atomic mass is 35.5. The van der Waals surface area contributed by atoms with Gasteiger partial charge in [-0.05, 0) is 25.1 Å². The second kappa shape index (κ2) is 6.92. The number of hydrogen-bond acceptors (Lipinski definition) is 4. The quantitative estimate of drug-likeness (QED) is 0.854. The van der Waals surface area contributed by atoms with Crippen LogP contribution in [0.1, 0.15) is 30.0 Å². The molecule has 0 aliphatic rings. The van der Waals surface area contributed by atoms with Crippen molar-refractivity contribution >= 4 is 11.6 Å². The first-order valence-electron chi connectivity index (χ1n) is 6.66. The van der Waals surface area contributed by atoms with Crippen LogP contribution >= 0.6 is 11.6 Å². The zero-order valence-electron chi connectivity index (χ0n) is 12.0. The van der Waals surface area contributed by atoms with Crippen LogP contribution in [0.3, 0.4) is 0 Å². The lowest BCUT2D eigenvalue weighted by Gasteiger charge is -2.19. The van der Waals surface area contributed by atoms with E-state index in [1.807, 2.05) is 17.7 Å². The zero-order chi connectivity index (χ0) is 14.5. The van der Waals surface area contributed by atoms with Gasteiger partial charge in [-0.25, -0.2) is 0 Å². The summed E-state index contributed by atoms with van der Waals surface area (Å²) in [6.45, 7) is 6.11. The summed E-state index contributed by atoms with van der Waals surface area (Å²) >= 11 is 6.32. The maximum absolute atomic E-state index is 6.32. The zero-order valence-corrected chi connectivity index (χ0v) is 12.8. The first-order chi connectivity index (χ1) is 9.69. The van der Waals surface area contributed by atoms with E-state index >= 15 is 0 Å². The molecule has 2 aromatic heterocycles. The number of hydrogen-bond donors (Lipinski definition) is 1. The van der Waals surface area contributed by atoms with E-state index in [1.165, 1.54) is 0 Å². The van der Waals surface area contributed by atoms with Gasteiger partial charge in [0.15, 0.2) is 0 Å². The Morgan fingerprint density at radius 1 is 1.55 bits per heavy atom. The lowest BCUT2D eigenvalue weighted by Crippen LogP contribution is -2.26. The Kier molecular flexibility index (Phi) is 5.23. The van der Waals surface area contributed by atoms with Crippen molar-refractivity contribution < 1.29 is 9.15 Å². The summed E-state index contributed by atoms with van der Waals surface area (Å²) in [5.41, 5.74) is 2.00. The summed E-state index contributed by atoms with van der Waals surface area (Å²) < 4.78 is 12.6. The average Bonchev–Trinajstić information content (AvgIpc) is 3.01. The van der Waals surface area contributed by atoms with E-state index in [-0.39, 0.29) is 6.04 Å². The average molecular weight is 298 g/mol. The number of halogens is 1. The third-order valence-corrected chi connectivity index (χ3v) is 3.48. The van der Waals surface area contributed by atoms with E-state index in [0.29, 0.717) is 18.2 Å². The van der Waals surface area contributed by atoms with Crippen molar-refractivity contribution in [2.24, 2.45) is 0 Å². The van der Waals surface area contributed by atoms with Gasteiger partial charge in [-0.15, -0.1) is 0 Å². The number of methoxy groups -OCH3 is 1. The van der Waals surface area contributed by atoms with Crippen molar-refractivity contribution in [2.75, 3.05) is 20.3 Å². The number of ether oxygens (including phenoxy) is 1. The topological polar surface area (TPSA) is 52.2 Å². The Morgan fingerprint density at radius 2 is 2.35 bits per heavy atom. The molecule has 2 heterocycles. The SMILES string of the molecule is CCNC(c1occc1C)c1c(Cl)cnn1CCOC. The Morgan fingerprint density at radius 3 is 2.95 bits per heavy atom. The van der Waals surface area contributed by atoms with Gasteiger partial charge in [0.05, 0.1) is 36.3 Å². The second-order valence-electron chi connectivity index (χ2n) is 4.55. The molecular formula is C14H20ClN3O2. The molecule has 20 heavy (non-hydrogen) atoms. The van der Waals surface area contributed by atoms with Gasteiger partial charge in [-0.3, -0.25) is 4.68 Å². The fourth-order valence-electron chi connectivity index (χ4n) is 2.21. The van der Waals surface area contributed by atoms with Gasteiger partial charge in [0.1, 0.15) is 11.8 Å². The second-order valence-corrected chi connectivity index (χ2v) is 4.96. The van der Waals surface area contributed by atoms with Crippen molar-refractivity contribution in [2.45, 2.75) is 26.4 Å². The minimum atomic E-state index is -0.109. The van der Waals surface area contributed by atoms with Crippen LogP contribution in [0.2, 0.25) is 5.02 Å². The highest BCUT2D eigenvalue weighted by molar-refractivity contribution is 6.31. The molecule has 6 heteroatoms. The predicted molar refractivity (Wildman–Crippen MR) is 78.1 cm³/mol. The van der Waals surface area contributed by atoms with Crippen molar-refractivity contribution in [1.82, 2.24) is 15.1 Å². The number of aryl methyl sites for hydroxylation is 1. The van der Waals surface area contributed by atoms with Gasteiger partial charge < -0.3 is 14.5 Å². The number of aromatic nitrogens is 2. The molecule has 5 nitrogen and oxygen atoms in total. The molecule has 0 aliphatic carbocycles.